The SMILES string of the molecule is CCc1ccc2cnc(/C=C/C3(C=O)CCOCC3)cc2c1.COC. The van der Waals surface area contributed by atoms with E-state index >= 15 is 0 Å². The second kappa shape index (κ2) is 9.44. The monoisotopic (exact) mass is 341 g/mol. The molecule has 1 fully saturated rings. The third-order valence-electron chi connectivity index (χ3n) is 4.46. The fourth-order valence-corrected chi connectivity index (χ4v) is 2.85. The number of nitrogens with zero attached hydrogens (tertiary/aromatic N) is 1. The van der Waals surface area contributed by atoms with E-state index in [4.69, 9.17) is 4.74 Å². The molecule has 0 spiro atoms. The zero-order chi connectivity index (χ0) is 18.1. The molecule has 0 saturated carbocycles. The van der Waals surface area contributed by atoms with Crippen molar-refractivity contribution >= 4 is 23.1 Å². The molecule has 0 radical (unpaired) electrons. The lowest BCUT2D eigenvalue weighted by Gasteiger charge is -2.28. The van der Waals surface area contributed by atoms with E-state index in [1.54, 1.807) is 14.2 Å². The molecule has 0 unspecified atom stereocenters. The second-order valence-electron chi connectivity index (χ2n) is 6.35. The van der Waals surface area contributed by atoms with Gasteiger partial charge in [-0.25, -0.2) is 0 Å². The normalized spacial score (nSPS) is 16.4. The fraction of sp³-hybridized carbons (Fsp3) is 0.429. The summed E-state index contributed by atoms with van der Waals surface area (Å²) in [7, 11) is 3.25. The number of hydrogen-bond acceptors (Lipinski definition) is 4. The number of rotatable bonds is 4. The van der Waals surface area contributed by atoms with E-state index in [0.717, 1.165) is 36.6 Å². The van der Waals surface area contributed by atoms with Crippen molar-refractivity contribution in [3.63, 3.8) is 0 Å². The number of methoxy groups -OCH3 is 1. The minimum atomic E-state index is -0.389. The van der Waals surface area contributed by atoms with Crippen LogP contribution in [0.5, 0.6) is 0 Å². The first-order valence-corrected chi connectivity index (χ1v) is 8.68. The van der Waals surface area contributed by atoms with Crippen molar-refractivity contribution in [3.8, 4) is 0 Å². The molecule has 1 aliphatic rings. The highest BCUT2D eigenvalue weighted by Gasteiger charge is 2.29. The van der Waals surface area contributed by atoms with E-state index in [9.17, 15) is 4.79 Å². The number of ether oxygens (including phenoxy) is 2. The summed E-state index contributed by atoms with van der Waals surface area (Å²) in [5.74, 6) is 0. The number of allylic oxidation sites excluding steroid dienone is 1. The highest BCUT2D eigenvalue weighted by atomic mass is 16.5. The predicted molar refractivity (Wildman–Crippen MR) is 102 cm³/mol. The molecule has 2 heterocycles. The molecule has 0 amide bonds. The van der Waals surface area contributed by atoms with Crippen LogP contribution in [-0.4, -0.2) is 38.7 Å². The number of benzene rings is 1. The van der Waals surface area contributed by atoms with Gasteiger partial charge in [0.25, 0.3) is 0 Å². The Bertz CT molecular complexity index is 718. The standard InChI is InChI=1S/C19H21NO2.C2H6O/c1-2-15-3-4-16-13-20-18(12-17(16)11-15)5-6-19(14-21)7-9-22-10-8-19;1-3-2/h3-6,11-14H,2,7-10H2,1H3;1-2H3/b6-5+;. The highest BCUT2D eigenvalue weighted by Crippen LogP contribution is 2.30. The van der Waals surface area contributed by atoms with Gasteiger partial charge < -0.3 is 14.3 Å². The Morgan fingerprint density at radius 2 is 1.92 bits per heavy atom. The maximum Gasteiger partial charge on any atom is 0.130 e. The summed E-state index contributed by atoms with van der Waals surface area (Å²) in [6.07, 6.45) is 9.45. The first-order chi connectivity index (χ1) is 12.2. The smallest absolute Gasteiger partial charge is 0.130 e. The minimum absolute atomic E-state index is 0.389. The van der Waals surface area contributed by atoms with Crippen LogP contribution in [0.1, 0.15) is 31.0 Å². The predicted octanol–water partition coefficient (Wildman–Crippen LogP) is 4.07. The van der Waals surface area contributed by atoms with E-state index in [2.05, 4.69) is 40.9 Å². The lowest BCUT2D eigenvalue weighted by Crippen LogP contribution is -2.28. The third-order valence-corrected chi connectivity index (χ3v) is 4.46. The van der Waals surface area contributed by atoms with Crippen LogP contribution < -0.4 is 0 Å². The minimum Gasteiger partial charge on any atom is -0.388 e. The number of carbonyl (C=O) groups is 1. The van der Waals surface area contributed by atoms with Gasteiger partial charge in [-0.3, -0.25) is 4.98 Å². The Morgan fingerprint density at radius 1 is 1.20 bits per heavy atom. The van der Waals surface area contributed by atoms with Gasteiger partial charge in [0.2, 0.25) is 0 Å². The molecule has 0 bridgehead atoms. The summed E-state index contributed by atoms with van der Waals surface area (Å²) in [6.45, 7) is 3.45. The van der Waals surface area contributed by atoms with Crippen LogP contribution >= 0.6 is 0 Å². The van der Waals surface area contributed by atoms with E-state index in [1.807, 2.05) is 18.3 Å². The molecule has 25 heavy (non-hydrogen) atoms. The molecule has 1 aromatic heterocycles. The average molecular weight is 341 g/mol. The molecular weight excluding hydrogens is 314 g/mol. The van der Waals surface area contributed by atoms with Crippen molar-refractivity contribution in [2.75, 3.05) is 27.4 Å². The van der Waals surface area contributed by atoms with E-state index in [-0.39, 0.29) is 5.41 Å². The van der Waals surface area contributed by atoms with Crippen molar-refractivity contribution in [1.82, 2.24) is 4.98 Å². The van der Waals surface area contributed by atoms with Gasteiger partial charge in [-0.2, -0.15) is 0 Å². The quantitative estimate of drug-likeness (QED) is 0.787. The number of fused-ring (bicyclic) bond motifs is 1. The molecule has 1 aromatic carbocycles. The molecule has 0 N–H and O–H groups in total. The fourth-order valence-electron chi connectivity index (χ4n) is 2.85. The highest BCUT2D eigenvalue weighted by molar-refractivity contribution is 5.84. The molecule has 1 aliphatic heterocycles. The zero-order valence-electron chi connectivity index (χ0n) is 15.3. The zero-order valence-corrected chi connectivity index (χ0v) is 15.3. The van der Waals surface area contributed by atoms with Gasteiger partial charge in [0, 0.05) is 44.4 Å². The topological polar surface area (TPSA) is 48.4 Å². The van der Waals surface area contributed by atoms with Crippen LogP contribution in [0.25, 0.3) is 16.8 Å². The van der Waals surface area contributed by atoms with Crippen LogP contribution in [0.3, 0.4) is 0 Å². The Morgan fingerprint density at radius 3 is 2.56 bits per heavy atom. The Labute approximate surface area is 149 Å². The summed E-state index contributed by atoms with van der Waals surface area (Å²) in [6, 6.07) is 8.55. The van der Waals surface area contributed by atoms with Gasteiger partial charge in [0.1, 0.15) is 6.29 Å². The lowest BCUT2D eigenvalue weighted by molar-refractivity contribution is -0.117. The van der Waals surface area contributed by atoms with Crippen LogP contribution in [-0.2, 0) is 20.7 Å². The molecule has 1 saturated heterocycles. The summed E-state index contributed by atoms with van der Waals surface area (Å²) in [4.78, 5) is 15.9. The number of carbonyl (C=O) groups excluding carboxylic acids is 1. The largest absolute Gasteiger partial charge is 0.388 e. The van der Waals surface area contributed by atoms with Crippen molar-refractivity contribution in [2.45, 2.75) is 26.2 Å². The summed E-state index contributed by atoms with van der Waals surface area (Å²) in [5.41, 5.74) is 1.83. The molecular formula is C21H27NO3. The Hall–Kier alpha value is -2.04. The lowest BCUT2D eigenvalue weighted by atomic mass is 9.81. The van der Waals surface area contributed by atoms with E-state index in [1.165, 1.54) is 10.9 Å². The van der Waals surface area contributed by atoms with Gasteiger partial charge in [-0.05, 0) is 42.4 Å². The maximum absolute atomic E-state index is 11.5. The van der Waals surface area contributed by atoms with Gasteiger partial charge in [0.15, 0.2) is 0 Å². The second-order valence-corrected chi connectivity index (χ2v) is 6.35. The van der Waals surface area contributed by atoms with Crippen LogP contribution in [0.15, 0.2) is 36.5 Å². The Kier molecular flexibility index (Phi) is 7.29. The van der Waals surface area contributed by atoms with Crippen molar-refractivity contribution in [2.24, 2.45) is 5.41 Å². The molecule has 3 rings (SSSR count). The van der Waals surface area contributed by atoms with Crippen LogP contribution in [0.4, 0.5) is 0 Å². The molecule has 0 atom stereocenters. The first kappa shape index (κ1) is 19.3. The molecule has 4 heteroatoms. The van der Waals surface area contributed by atoms with Crippen LogP contribution in [0, 0.1) is 5.41 Å². The number of aryl methyl sites for hydroxylation is 1. The number of pyridine rings is 1. The number of aromatic nitrogens is 1. The molecule has 4 nitrogen and oxygen atoms in total. The van der Waals surface area contributed by atoms with Gasteiger partial charge in [0.05, 0.1) is 5.69 Å². The van der Waals surface area contributed by atoms with Crippen molar-refractivity contribution in [3.05, 3.63) is 47.8 Å². The van der Waals surface area contributed by atoms with Gasteiger partial charge in [-0.15, -0.1) is 0 Å². The van der Waals surface area contributed by atoms with E-state index < -0.39 is 0 Å². The molecule has 0 aliphatic carbocycles. The van der Waals surface area contributed by atoms with Gasteiger partial charge in [-0.1, -0.05) is 31.2 Å². The van der Waals surface area contributed by atoms with Crippen LogP contribution in [0.2, 0.25) is 0 Å². The third kappa shape index (κ3) is 5.21. The summed E-state index contributed by atoms with van der Waals surface area (Å²) >= 11 is 0. The number of aldehydes is 1. The van der Waals surface area contributed by atoms with Gasteiger partial charge >= 0.3 is 0 Å². The molecule has 2 aromatic rings. The van der Waals surface area contributed by atoms with E-state index in [0.29, 0.717) is 13.2 Å². The molecule has 134 valence electrons. The summed E-state index contributed by atoms with van der Waals surface area (Å²) < 4.78 is 9.60. The maximum atomic E-state index is 11.5. The van der Waals surface area contributed by atoms with Crippen molar-refractivity contribution in [1.29, 1.82) is 0 Å². The Balaban J connectivity index is 0.000000701. The number of hydrogen-bond donors (Lipinski definition) is 0. The van der Waals surface area contributed by atoms with Crippen molar-refractivity contribution < 1.29 is 14.3 Å². The average Bonchev–Trinajstić information content (AvgIpc) is 2.67. The summed E-state index contributed by atoms with van der Waals surface area (Å²) in [5, 5.41) is 2.34. The first-order valence-electron chi connectivity index (χ1n) is 8.68.